The molecule has 0 bridgehead atoms. The Morgan fingerprint density at radius 2 is 1.68 bits per heavy atom. The Morgan fingerprint density at radius 1 is 1.00 bits per heavy atom. The molecule has 1 unspecified atom stereocenters. The zero-order valence-electron chi connectivity index (χ0n) is 20.3. The van der Waals surface area contributed by atoms with E-state index in [2.05, 4.69) is 31.4 Å². The van der Waals surface area contributed by atoms with Crippen molar-refractivity contribution in [3.05, 3.63) is 59.2 Å². The fourth-order valence-electron chi connectivity index (χ4n) is 3.37. The molecular weight excluding hydrogens is 436 g/mol. The van der Waals surface area contributed by atoms with Crippen LogP contribution in [0.3, 0.4) is 0 Å². The second-order valence-electron chi connectivity index (χ2n) is 9.59. The highest BCUT2D eigenvalue weighted by molar-refractivity contribution is 5.97. The van der Waals surface area contributed by atoms with Crippen molar-refractivity contribution in [2.75, 3.05) is 13.4 Å². The molecule has 0 radical (unpaired) electrons. The number of amides is 2. The first kappa shape index (κ1) is 25.1. The van der Waals surface area contributed by atoms with Gasteiger partial charge in [-0.05, 0) is 46.7 Å². The minimum absolute atomic E-state index is 0.0252. The topological polar surface area (TPSA) is 103 Å². The number of carbonyl (C=O) groups is 3. The van der Waals surface area contributed by atoms with E-state index in [1.54, 1.807) is 38.1 Å². The first-order valence-electron chi connectivity index (χ1n) is 11.3. The SMILES string of the molecule is CC(C)C(NC(=O)c1ccc(C(C)(C)C)cc1)C(=O)OCC(=O)NCc1ccc2c(c1)OCO2. The summed E-state index contributed by atoms with van der Waals surface area (Å²) in [6, 6.07) is 11.8. The molecule has 0 aromatic heterocycles. The van der Waals surface area contributed by atoms with Crippen molar-refractivity contribution in [2.45, 2.75) is 52.6 Å². The predicted molar refractivity (Wildman–Crippen MR) is 127 cm³/mol. The molecule has 2 N–H and O–H groups in total. The standard InChI is InChI=1S/C26H32N2O6/c1-16(2)23(28-24(30)18-7-9-19(10-8-18)26(3,4)5)25(31)32-14-22(29)27-13-17-6-11-20-21(12-17)34-15-33-20/h6-12,16,23H,13-15H2,1-5H3,(H,27,29)(H,28,30). The van der Waals surface area contributed by atoms with Crippen LogP contribution >= 0.6 is 0 Å². The Kier molecular flexibility index (Phi) is 7.81. The Morgan fingerprint density at radius 3 is 2.32 bits per heavy atom. The number of esters is 1. The van der Waals surface area contributed by atoms with Gasteiger partial charge in [0.2, 0.25) is 6.79 Å². The van der Waals surface area contributed by atoms with Gasteiger partial charge in [-0.3, -0.25) is 9.59 Å². The molecule has 0 saturated carbocycles. The molecule has 2 aromatic carbocycles. The zero-order valence-corrected chi connectivity index (χ0v) is 20.3. The summed E-state index contributed by atoms with van der Waals surface area (Å²) in [5.41, 5.74) is 2.36. The predicted octanol–water partition coefficient (Wildman–Crippen LogP) is 3.33. The first-order chi connectivity index (χ1) is 16.0. The van der Waals surface area contributed by atoms with Crippen LogP contribution in [-0.4, -0.2) is 37.2 Å². The van der Waals surface area contributed by atoms with Crippen LogP contribution in [0.15, 0.2) is 42.5 Å². The molecule has 0 fully saturated rings. The van der Waals surface area contributed by atoms with Gasteiger partial charge in [0.05, 0.1) is 0 Å². The van der Waals surface area contributed by atoms with Gasteiger partial charge in [0.15, 0.2) is 18.1 Å². The lowest BCUT2D eigenvalue weighted by molar-refractivity contribution is -0.151. The normalized spacial score (nSPS) is 13.4. The molecule has 8 nitrogen and oxygen atoms in total. The Bertz CT molecular complexity index is 1040. The van der Waals surface area contributed by atoms with Gasteiger partial charge in [-0.25, -0.2) is 4.79 Å². The average Bonchev–Trinajstić information content (AvgIpc) is 3.26. The van der Waals surface area contributed by atoms with Gasteiger partial charge in [0.1, 0.15) is 6.04 Å². The number of carbonyl (C=O) groups excluding carboxylic acids is 3. The fraction of sp³-hybridized carbons (Fsp3) is 0.423. The van der Waals surface area contributed by atoms with Gasteiger partial charge < -0.3 is 24.8 Å². The molecule has 34 heavy (non-hydrogen) atoms. The molecule has 1 atom stereocenters. The lowest BCUT2D eigenvalue weighted by Gasteiger charge is -2.22. The third kappa shape index (κ3) is 6.50. The quantitative estimate of drug-likeness (QED) is 0.576. The van der Waals surface area contributed by atoms with Gasteiger partial charge in [-0.15, -0.1) is 0 Å². The van der Waals surface area contributed by atoms with Crippen LogP contribution in [-0.2, 0) is 26.3 Å². The van der Waals surface area contributed by atoms with Crippen LogP contribution in [0.5, 0.6) is 11.5 Å². The second-order valence-corrected chi connectivity index (χ2v) is 9.59. The van der Waals surface area contributed by atoms with E-state index in [0.29, 0.717) is 17.1 Å². The summed E-state index contributed by atoms with van der Waals surface area (Å²) in [7, 11) is 0. The molecule has 0 aliphatic carbocycles. The molecular formula is C26H32N2O6. The van der Waals surface area contributed by atoms with Gasteiger partial charge >= 0.3 is 5.97 Å². The molecule has 3 rings (SSSR count). The van der Waals surface area contributed by atoms with Gasteiger partial charge in [-0.2, -0.15) is 0 Å². The molecule has 2 amide bonds. The van der Waals surface area contributed by atoms with Crippen molar-refractivity contribution in [2.24, 2.45) is 5.92 Å². The minimum atomic E-state index is -0.878. The smallest absolute Gasteiger partial charge is 0.329 e. The van der Waals surface area contributed by atoms with Crippen LogP contribution in [0.2, 0.25) is 0 Å². The van der Waals surface area contributed by atoms with Crippen LogP contribution in [0.4, 0.5) is 0 Å². The van der Waals surface area contributed by atoms with Crippen LogP contribution in [0.1, 0.15) is 56.1 Å². The summed E-state index contributed by atoms with van der Waals surface area (Å²) in [4.78, 5) is 37.5. The van der Waals surface area contributed by atoms with E-state index in [1.165, 1.54) is 0 Å². The van der Waals surface area contributed by atoms with E-state index in [0.717, 1.165) is 11.1 Å². The van der Waals surface area contributed by atoms with Crippen LogP contribution < -0.4 is 20.1 Å². The largest absolute Gasteiger partial charge is 0.454 e. The molecule has 1 aliphatic rings. The number of nitrogens with one attached hydrogen (secondary N) is 2. The number of benzene rings is 2. The summed E-state index contributed by atoms with van der Waals surface area (Å²) in [5.74, 6) is -0.409. The maximum absolute atomic E-state index is 12.7. The summed E-state index contributed by atoms with van der Waals surface area (Å²) < 4.78 is 15.8. The third-order valence-corrected chi connectivity index (χ3v) is 5.49. The van der Waals surface area contributed by atoms with E-state index in [1.807, 2.05) is 18.2 Å². The number of rotatable bonds is 8. The molecule has 8 heteroatoms. The van der Waals surface area contributed by atoms with Gasteiger partial charge in [0, 0.05) is 12.1 Å². The first-order valence-corrected chi connectivity index (χ1v) is 11.3. The molecule has 0 spiro atoms. The van der Waals surface area contributed by atoms with Crippen LogP contribution in [0.25, 0.3) is 0 Å². The van der Waals surface area contributed by atoms with E-state index in [4.69, 9.17) is 14.2 Å². The number of ether oxygens (including phenoxy) is 3. The lowest BCUT2D eigenvalue weighted by Crippen LogP contribution is -2.46. The fourth-order valence-corrected chi connectivity index (χ4v) is 3.37. The summed E-state index contributed by atoms with van der Waals surface area (Å²) in [5, 5.41) is 5.42. The van der Waals surface area contributed by atoms with Crippen LogP contribution in [0, 0.1) is 5.92 Å². The number of hydrogen-bond donors (Lipinski definition) is 2. The lowest BCUT2D eigenvalue weighted by atomic mass is 9.86. The highest BCUT2D eigenvalue weighted by Crippen LogP contribution is 2.32. The average molecular weight is 469 g/mol. The molecule has 182 valence electrons. The minimum Gasteiger partial charge on any atom is -0.454 e. The van der Waals surface area contributed by atoms with E-state index in [-0.39, 0.29) is 30.6 Å². The maximum atomic E-state index is 12.7. The zero-order chi connectivity index (χ0) is 24.9. The highest BCUT2D eigenvalue weighted by Gasteiger charge is 2.27. The Labute approximate surface area is 200 Å². The molecule has 1 heterocycles. The highest BCUT2D eigenvalue weighted by atomic mass is 16.7. The summed E-state index contributed by atoms with van der Waals surface area (Å²) >= 11 is 0. The van der Waals surface area contributed by atoms with Gasteiger partial charge in [0.25, 0.3) is 11.8 Å². The van der Waals surface area contributed by atoms with Crippen molar-refractivity contribution in [1.29, 1.82) is 0 Å². The van der Waals surface area contributed by atoms with E-state index < -0.39 is 24.5 Å². The Hall–Kier alpha value is -3.55. The van der Waals surface area contributed by atoms with Crippen molar-refractivity contribution in [3.63, 3.8) is 0 Å². The van der Waals surface area contributed by atoms with Crippen molar-refractivity contribution in [3.8, 4) is 11.5 Å². The van der Waals surface area contributed by atoms with Crippen molar-refractivity contribution in [1.82, 2.24) is 10.6 Å². The van der Waals surface area contributed by atoms with Crippen molar-refractivity contribution < 1.29 is 28.6 Å². The summed E-state index contributed by atoms with van der Waals surface area (Å²) in [6.45, 7) is 9.87. The molecule has 0 saturated heterocycles. The molecule has 2 aromatic rings. The maximum Gasteiger partial charge on any atom is 0.329 e. The second kappa shape index (κ2) is 10.6. The van der Waals surface area contributed by atoms with Gasteiger partial charge in [-0.1, -0.05) is 52.8 Å². The Balaban J connectivity index is 1.50. The third-order valence-electron chi connectivity index (χ3n) is 5.49. The number of fused-ring (bicyclic) bond motifs is 1. The van der Waals surface area contributed by atoms with E-state index >= 15 is 0 Å². The monoisotopic (exact) mass is 468 g/mol. The number of hydrogen-bond acceptors (Lipinski definition) is 6. The van der Waals surface area contributed by atoms with Crippen molar-refractivity contribution >= 4 is 17.8 Å². The molecule has 1 aliphatic heterocycles. The van der Waals surface area contributed by atoms with E-state index in [9.17, 15) is 14.4 Å². The summed E-state index contributed by atoms with van der Waals surface area (Å²) in [6.07, 6.45) is 0.